The summed E-state index contributed by atoms with van der Waals surface area (Å²) >= 11 is 1.72. The molecule has 132 valence electrons. The Bertz CT molecular complexity index is 838. The number of nitrogens with zero attached hydrogens (tertiary/aromatic N) is 1. The van der Waals surface area contributed by atoms with Gasteiger partial charge in [-0.25, -0.2) is 4.39 Å². The minimum absolute atomic E-state index is 0.207. The molecule has 0 spiro atoms. The lowest BCUT2D eigenvalue weighted by atomic mass is 10.1. The van der Waals surface area contributed by atoms with Crippen molar-refractivity contribution in [2.75, 3.05) is 20.1 Å². The first-order valence-corrected chi connectivity index (χ1v) is 9.34. The highest BCUT2D eigenvalue weighted by atomic mass is 32.1. The minimum atomic E-state index is -0.207. The zero-order valence-electron chi connectivity index (χ0n) is 14.5. The van der Waals surface area contributed by atoms with Crippen molar-refractivity contribution >= 4 is 28.2 Å². The van der Waals surface area contributed by atoms with Crippen LogP contribution in [0.15, 0.2) is 46.2 Å². The molecule has 0 aliphatic rings. The van der Waals surface area contributed by atoms with Gasteiger partial charge >= 0.3 is 0 Å². The van der Waals surface area contributed by atoms with Gasteiger partial charge in [0.25, 0.3) is 0 Å². The highest BCUT2D eigenvalue weighted by Crippen LogP contribution is 2.19. The van der Waals surface area contributed by atoms with E-state index in [1.54, 1.807) is 30.5 Å². The topological polar surface area (TPSA) is 52.2 Å². The maximum atomic E-state index is 13.4. The normalized spacial score (nSPS) is 13.2. The summed E-state index contributed by atoms with van der Waals surface area (Å²) in [6, 6.07) is 6.98. The fourth-order valence-corrected chi connectivity index (χ4v) is 3.60. The molecule has 2 heterocycles. The third-order valence-electron chi connectivity index (χ3n) is 4.33. The van der Waals surface area contributed by atoms with Gasteiger partial charge in [-0.1, -0.05) is 6.92 Å². The molecule has 3 N–H and O–H groups in total. The van der Waals surface area contributed by atoms with Crippen molar-refractivity contribution < 1.29 is 4.39 Å². The monoisotopic (exact) mass is 358 g/mol. The van der Waals surface area contributed by atoms with Crippen LogP contribution in [0.25, 0.3) is 10.9 Å². The predicted octanol–water partition coefficient (Wildman–Crippen LogP) is 3.88. The molecule has 1 unspecified atom stereocenters. The molecule has 0 saturated carbocycles. The van der Waals surface area contributed by atoms with Crippen molar-refractivity contribution in [3.63, 3.8) is 0 Å². The van der Waals surface area contributed by atoms with E-state index in [1.807, 2.05) is 6.20 Å². The molecule has 0 radical (unpaired) electrons. The number of nitrogens with one attached hydrogen (secondary N) is 3. The molecule has 4 nitrogen and oxygen atoms in total. The molecule has 0 aliphatic carbocycles. The summed E-state index contributed by atoms with van der Waals surface area (Å²) in [4.78, 5) is 7.45. The van der Waals surface area contributed by atoms with Crippen LogP contribution < -0.4 is 10.6 Å². The standard InChI is InChI=1S/C19H23FN4S/c1-13(15-6-8-25-12-15)10-24-19(21-2)22-7-5-14-11-23-18-4-3-16(20)9-17(14)18/h3-4,6,8-9,11-13,23H,5,7,10H2,1-2H3,(H2,21,22,24). The number of H-pyrrole nitrogens is 1. The maximum absolute atomic E-state index is 13.4. The van der Waals surface area contributed by atoms with Crippen LogP contribution in [0, 0.1) is 5.82 Å². The molecule has 0 fully saturated rings. The Morgan fingerprint density at radius 2 is 2.20 bits per heavy atom. The number of hydrogen-bond acceptors (Lipinski definition) is 2. The number of benzene rings is 1. The number of halogens is 1. The van der Waals surface area contributed by atoms with Gasteiger partial charge < -0.3 is 15.6 Å². The van der Waals surface area contributed by atoms with Crippen LogP contribution in [-0.4, -0.2) is 31.1 Å². The number of aromatic nitrogens is 1. The first-order valence-electron chi connectivity index (χ1n) is 8.39. The Morgan fingerprint density at radius 3 is 2.96 bits per heavy atom. The third kappa shape index (κ3) is 4.39. The molecule has 0 saturated heterocycles. The van der Waals surface area contributed by atoms with Crippen LogP contribution in [0.4, 0.5) is 4.39 Å². The van der Waals surface area contributed by atoms with Crippen LogP contribution in [-0.2, 0) is 6.42 Å². The minimum Gasteiger partial charge on any atom is -0.361 e. The molecule has 0 aliphatic heterocycles. The van der Waals surface area contributed by atoms with E-state index in [0.717, 1.165) is 41.9 Å². The SMILES string of the molecule is CN=C(NCCc1c[nH]c2ccc(F)cc12)NCC(C)c1ccsc1. The predicted molar refractivity (Wildman–Crippen MR) is 104 cm³/mol. The quantitative estimate of drug-likeness (QED) is 0.463. The molecule has 2 aromatic heterocycles. The Balaban J connectivity index is 1.50. The van der Waals surface area contributed by atoms with Gasteiger partial charge in [0.15, 0.2) is 5.96 Å². The van der Waals surface area contributed by atoms with Crippen LogP contribution in [0.5, 0.6) is 0 Å². The van der Waals surface area contributed by atoms with E-state index in [9.17, 15) is 4.39 Å². The summed E-state index contributed by atoms with van der Waals surface area (Å²) in [6.45, 7) is 3.76. The second-order valence-corrected chi connectivity index (χ2v) is 6.87. The average molecular weight is 358 g/mol. The van der Waals surface area contributed by atoms with Gasteiger partial charge in [-0.2, -0.15) is 11.3 Å². The van der Waals surface area contributed by atoms with Gasteiger partial charge in [-0.05, 0) is 58.5 Å². The van der Waals surface area contributed by atoms with Crippen molar-refractivity contribution in [1.82, 2.24) is 15.6 Å². The van der Waals surface area contributed by atoms with Crippen molar-refractivity contribution in [2.24, 2.45) is 4.99 Å². The molecule has 6 heteroatoms. The molecule has 0 bridgehead atoms. The smallest absolute Gasteiger partial charge is 0.191 e. The van der Waals surface area contributed by atoms with Crippen molar-refractivity contribution in [3.8, 4) is 0 Å². The average Bonchev–Trinajstić information content (AvgIpc) is 3.28. The Morgan fingerprint density at radius 1 is 1.32 bits per heavy atom. The van der Waals surface area contributed by atoms with Crippen molar-refractivity contribution in [3.05, 3.63) is 58.2 Å². The van der Waals surface area contributed by atoms with Crippen molar-refractivity contribution in [2.45, 2.75) is 19.3 Å². The zero-order valence-corrected chi connectivity index (χ0v) is 15.3. The summed E-state index contributed by atoms with van der Waals surface area (Å²) in [7, 11) is 1.77. The van der Waals surface area contributed by atoms with Gasteiger partial charge in [-0.15, -0.1) is 0 Å². The number of fused-ring (bicyclic) bond motifs is 1. The number of guanidine groups is 1. The van der Waals surface area contributed by atoms with E-state index in [2.05, 4.69) is 44.4 Å². The summed E-state index contributed by atoms with van der Waals surface area (Å²) < 4.78 is 13.4. The molecule has 25 heavy (non-hydrogen) atoms. The molecule has 1 aromatic carbocycles. The van der Waals surface area contributed by atoms with Gasteiger partial charge in [0.1, 0.15) is 5.82 Å². The summed E-state index contributed by atoms with van der Waals surface area (Å²) in [5, 5.41) is 11.9. The lowest BCUT2D eigenvalue weighted by Crippen LogP contribution is -2.39. The molecule has 1 atom stereocenters. The number of aromatic amines is 1. The molecule has 0 amide bonds. The fourth-order valence-electron chi connectivity index (χ4n) is 2.82. The third-order valence-corrected chi connectivity index (χ3v) is 5.03. The largest absolute Gasteiger partial charge is 0.361 e. The van der Waals surface area contributed by atoms with E-state index >= 15 is 0 Å². The first kappa shape index (κ1) is 17.5. The van der Waals surface area contributed by atoms with Crippen LogP contribution in [0.3, 0.4) is 0 Å². The second-order valence-electron chi connectivity index (χ2n) is 6.09. The molecular formula is C19H23FN4S. The van der Waals surface area contributed by atoms with E-state index in [-0.39, 0.29) is 5.82 Å². The fraction of sp³-hybridized carbons (Fsp3) is 0.316. The highest BCUT2D eigenvalue weighted by Gasteiger charge is 2.08. The van der Waals surface area contributed by atoms with Crippen LogP contribution in [0.1, 0.15) is 24.0 Å². The number of aliphatic imine (C=N–C) groups is 1. The lowest BCUT2D eigenvalue weighted by molar-refractivity contribution is 0.629. The second kappa shape index (κ2) is 8.16. The van der Waals surface area contributed by atoms with E-state index in [4.69, 9.17) is 0 Å². The summed E-state index contributed by atoms with van der Waals surface area (Å²) in [6.07, 6.45) is 2.74. The lowest BCUT2D eigenvalue weighted by Gasteiger charge is -2.15. The number of rotatable bonds is 6. The van der Waals surface area contributed by atoms with Gasteiger partial charge in [-0.3, -0.25) is 4.99 Å². The van der Waals surface area contributed by atoms with Gasteiger partial charge in [0.2, 0.25) is 0 Å². The Labute approximate surface area is 151 Å². The van der Waals surface area contributed by atoms with E-state index in [0.29, 0.717) is 5.92 Å². The van der Waals surface area contributed by atoms with Gasteiger partial charge in [0, 0.05) is 37.2 Å². The highest BCUT2D eigenvalue weighted by molar-refractivity contribution is 7.07. The first-order chi connectivity index (χ1) is 12.2. The molecular weight excluding hydrogens is 335 g/mol. The number of hydrogen-bond donors (Lipinski definition) is 3. The van der Waals surface area contributed by atoms with Crippen LogP contribution >= 0.6 is 11.3 Å². The van der Waals surface area contributed by atoms with Crippen LogP contribution in [0.2, 0.25) is 0 Å². The zero-order chi connectivity index (χ0) is 17.6. The van der Waals surface area contributed by atoms with Gasteiger partial charge in [0.05, 0.1) is 0 Å². The molecule has 3 rings (SSSR count). The Hall–Kier alpha value is -2.34. The van der Waals surface area contributed by atoms with E-state index in [1.165, 1.54) is 11.6 Å². The summed E-state index contributed by atoms with van der Waals surface area (Å²) in [5.41, 5.74) is 3.40. The Kier molecular flexibility index (Phi) is 5.71. The summed E-state index contributed by atoms with van der Waals surface area (Å²) in [5.74, 6) is 1.01. The van der Waals surface area contributed by atoms with Crippen molar-refractivity contribution in [1.29, 1.82) is 0 Å². The molecule has 3 aromatic rings. The van der Waals surface area contributed by atoms with E-state index < -0.39 is 0 Å². The number of thiophene rings is 1. The maximum Gasteiger partial charge on any atom is 0.191 e.